The van der Waals surface area contributed by atoms with Crippen LogP contribution in [0.1, 0.15) is 79.0 Å². The first-order valence-corrected chi connectivity index (χ1v) is 22.3. The normalized spacial score (nSPS) is 12.6. The third kappa shape index (κ3) is 8.97. The van der Waals surface area contributed by atoms with Crippen LogP contribution in [0.25, 0.3) is 83.9 Å². The van der Waals surface area contributed by atoms with Gasteiger partial charge in [0.05, 0.1) is 28.0 Å². The Labute approximate surface area is 410 Å². The molecule has 0 N–H and O–H groups in total. The van der Waals surface area contributed by atoms with Crippen molar-refractivity contribution in [2.24, 2.45) is 0 Å². The predicted octanol–water partition coefficient (Wildman–Crippen LogP) is 16.2. The van der Waals surface area contributed by atoms with Crippen molar-refractivity contribution < 1.29 is 29.9 Å². The van der Waals surface area contributed by atoms with Crippen molar-refractivity contribution >= 4 is 11.0 Å². The molecular weight excluding hydrogens is 986 g/mol. The summed E-state index contributed by atoms with van der Waals surface area (Å²) in [6.45, 7) is 17.0. The fourth-order valence-electron chi connectivity index (χ4n) is 8.85. The summed E-state index contributed by atoms with van der Waals surface area (Å²) in [5.41, 5.74) is 17.2. The van der Waals surface area contributed by atoms with Gasteiger partial charge < -0.3 is 4.74 Å². The van der Waals surface area contributed by atoms with Crippen molar-refractivity contribution in [1.29, 1.82) is 0 Å². The molecule has 0 aliphatic carbocycles. The first-order chi connectivity index (χ1) is 32.3. The van der Waals surface area contributed by atoms with Crippen LogP contribution in [0.5, 0.6) is 5.75 Å². The van der Waals surface area contributed by atoms with Crippen LogP contribution < -0.4 is 4.74 Å². The van der Waals surface area contributed by atoms with E-state index in [1.165, 1.54) is 11.1 Å². The van der Waals surface area contributed by atoms with Crippen LogP contribution in [-0.2, 0) is 31.9 Å². The molecule has 0 amide bonds. The molecule has 4 nitrogen and oxygen atoms in total. The van der Waals surface area contributed by atoms with E-state index in [2.05, 4.69) is 164 Å². The second-order valence-electron chi connectivity index (χ2n) is 19.4. The number of benzene rings is 7. The van der Waals surface area contributed by atoms with E-state index in [0.717, 1.165) is 83.5 Å². The quantitative estimate of drug-likeness (QED) is 0.142. The van der Waals surface area contributed by atoms with Crippen LogP contribution in [0, 0.1) is 40.8 Å². The summed E-state index contributed by atoms with van der Waals surface area (Å²) in [6.07, 6.45) is 1.87. The average Bonchev–Trinajstić information content (AvgIpc) is 3.70. The third-order valence-corrected chi connectivity index (χ3v) is 12.5. The van der Waals surface area contributed by atoms with Crippen molar-refractivity contribution in [2.45, 2.75) is 80.0 Å². The van der Waals surface area contributed by atoms with E-state index >= 15 is 0 Å². The molecule has 0 unspecified atom stereocenters. The second kappa shape index (κ2) is 18.1. The molecule has 9 aromatic rings. The summed E-state index contributed by atoms with van der Waals surface area (Å²) >= 11 is 0. The van der Waals surface area contributed by atoms with Crippen LogP contribution in [0.3, 0.4) is 0 Å². The minimum Gasteiger partial charge on any atom is -0.665 e. The SMILES string of the molecule is [2H]C([2H])([2H])c1cc(-n2c(-c3cc(C)cc(C)c3O[CH2-])nc3c(-c4[c-]c(-c5cc(-c6ccc(C)cc6)ccn5)cc(C(C)(C)C)c4)cccc32)c(-c2ccc(C(C)(C)C)cc2)cc1-c1ccccc1.[Pt+2]. The first-order valence-electron chi connectivity index (χ1n) is 23.8. The second-order valence-corrected chi connectivity index (χ2v) is 19.4. The fraction of sp³-hybridized carbons (Fsp3) is 0.197. The summed E-state index contributed by atoms with van der Waals surface area (Å²) < 4.78 is 35.1. The molecule has 0 aliphatic heterocycles. The number of hydrogen-bond acceptors (Lipinski definition) is 3. The zero-order valence-corrected chi connectivity index (χ0v) is 41.5. The van der Waals surface area contributed by atoms with E-state index in [1.54, 1.807) is 0 Å². The maximum Gasteiger partial charge on any atom is 2.00 e. The van der Waals surface area contributed by atoms with Crippen LogP contribution in [-0.4, -0.2) is 14.5 Å². The summed E-state index contributed by atoms with van der Waals surface area (Å²) in [4.78, 5) is 10.5. The average molecular weight is 1050 g/mol. The zero-order chi connectivity index (χ0) is 48.3. The summed E-state index contributed by atoms with van der Waals surface area (Å²) in [5.74, 6) is 1.18. The summed E-state index contributed by atoms with van der Waals surface area (Å²) in [6, 6.07) is 53.6. The van der Waals surface area contributed by atoms with E-state index in [1.807, 2.05) is 67.7 Å². The molecule has 7 aromatic carbocycles. The van der Waals surface area contributed by atoms with Gasteiger partial charge >= 0.3 is 21.1 Å². The van der Waals surface area contributed by atoms with E-state index in [0.29, 0.717) is 22.8 Å². The van der Waals surface area contributed by atoms with E-state index in [4.69, 9.17) is 18.8 Å². The number of imidazole rings is 1. The number of ether oxygens (including phenoxy) is 1. The van der Waals surface area contributed by atoms with Gasteiger partial charge in [-0.15, -0.1) is 29.3 Å². The Bertz CT molecular complexity index is 3340. The molecule has 0 saturated carbocycles. The summed E-state index contributed by atoms with van der Waals surface area (Å²) in [5, 5.41) is 0. The molecule has 5 heteroatoms. The minimum absolute atomic E-state index is 0. The zero-order valence-electron chi connectivity index (χ0n) is 42.2. The molecular formula is C61H57N3OPt. The van der Waals surface area contributed by atoms with Gasteiger partial charge in [0.25, 0.3) is 0 Å². The Morgan fingerprint density at radius 3 is 1.94 bits per heavy atom. The molecule has 0 fully saturated rings. The van der Waals surface area contributed by atoms with Crippen molar-refractivity contribution in [3.8, 4) is 78.6 Å². The van der Waals surface area contributed by atoms with Gasteiger partial charge in [0.15, 0.2) is 0 Å². The van der Waals surface area contributed by atoms with Gasteiger partial charge in [-0.2, -0.15) is 7.11 Å². The Morgan fingerprint density at radius 1 is 0.576 bits per heavy atom. The third-order valence-electron chi connectivity index (χ3n) is 12.5. The fourth-order valence-corrected chi connectivity index (χ4v) is 8.85. The number of aromatic nitrogens is 3. The Hall–Kier alpha value is -6.35. The monoisotopic (exact) mass is 1050 g/mol. The van der Waals surface area contributed by atoms with Crippen molar-refractivity contribution in [2.75, 3.05) is 0 Å². The minimum atomic E-state index is -2.46. The number of fused-ring (bicyclic) bond motifs is 1. The van der Waals surface area contributed by atoms with Gasteiger partial charge in [-0.1, -0.05) is 161 Å². The molecule has 0 saturated heterocycles. The maximum atomic E-state index is 9.01. The number of nitrogens with zero attached hydrogens (tertiary/aromatic N) is 3. The number of rotatable bonds is 8. The van der Waals surface area contributed by atoms with Gasteiger partial charge in [-0.05, 0) is 119 Å². The van der Waals surface area contributed by atoms with E-state index < -0.39 is 6.85 Å². The molecule has 0 radical (unpaired) electrons. The molecule has 0 bridgehead atoms. The molecule has 0 atom stereocenters. The standard InChI is InChI=1S/C61H57N3O.Pt/c1-38-20-22-42(23-21-38)45-28-29-62-54(36-45)47-33-46(34-49(35-47)61(8,9)10)50-18-15-19-55-57(50)63-59(53-31-39(2)30-41(4)58(53)65-11)64(55)56-32-40(3)51(43-16-13-12-14-17-43)37-52(56)44-24-26-48(27-25-44)60(5,6)7;/h12-32,34-37H,11H2,1-10H3;/q-2;+2/i3D3;. The molecule has 332 valence electrons. The number of hydrogen-bond donors (Lipinski definition) is 0. The predicted molar refractivity (Wildman–Crippen MR) is 273 cm³/mol. The van der Waals surface area contributed by atoms with Gasteiger partial charge in [-0.25, -0.2) is 4.98 Å². The van der Waals surface area contributed by atoms with Gasteiger partial charge in [-0.3, -0.25) is 9.55 Å². The van der Waals surface area contributed by atoms with Crippen molar-refractivity contribution in [3.05, 3.63) is 198 Å². The Morgan fingerprint density at radius 2 is 1.26 bits per heavy atom. The Kier molecular flexibility index (Phi) is 11.6. The summed E-state index contributed by atoms with van der Waals surface area (Å²) in [7, 11) is 3.92. The molecule has 2 heterocycles. The van der Waals surface area contributed by atoms with Crippen LogP contribution in [0.4, 0.5) is 0 Å². The molecule has 0 spiro atoms. The van der Waals surface area contributed by atoms with E-state index in [9.17, 15) is 0 Å². The molecule has 2 aromatic heterocycles. The van der Waals surface area contributed by atoms with E-state index in [-0.39, 0.29) is 37.5 Å². The first kappa shape index (κ1) is 42.3. The van der Waals surface area contributed by atoms with Crippen LogP contribution >= 0.6 is 0 Å². The Balaban J connectivity index is 0.00000642. The smallest absolute Gasteiger partial charge is 0.665 e. The van der Waals surface area contributed by atoms with Crippen LogP contribution in [0.15, 0.2) is 152 Å². The van der Waals surface area contributed by atoms with Crippen molar-refractivity contribution in [1.82, 2.24) is 14.5 Å². The largest absolute Gasteiger partial charge is 2.00 e. The van der Waals surface area contributed by atoms with Gasteiger partial charge in [0.1, 0.15) is 5.82 Å². The van der Waals surface area contributed by atoms with Gasteiger partial charge in [0.2, 0.25) is 0 Å². The molecule has 9 rings (SSSR count). The topological polar surface area (TPSA) is 39.9 Å². The number of aryl methyl sites for hydroxylation is 4. The van der Waals surface area contributed by atoms with Crippen LogP contribution in [0.2, 0.25) is 0 Å². The maximum absolute atomic E-state index is 9.01. The van der Waals surface area contributed by atoms with Crippen molar-refractivity contribution in [3.63, 3.8) is 0 Å². The molecule has 0 aliphatic rings. The molecule has 66 heavy (non-hydrogen) atoms. The number of para-hydroxylation sites is 1. The number of pyridine rings is 1. The van der Waals surface area contributed by atoms with Gasteiger partial charge in [0, 0.05) is 21.6 Å².